The molecule has 2 aromatic rings. The van der Waals surface area contributed by atoms with Gasteiger partial charge in [0, 0.05) is 7.62 Å². The van der Waals surface area contributed by atoms with Crippen molar-refractivity contribution < 1.29 is 15.7 Å². The third kappa shape index (κ3) is 2.97. The van der Waals surface area contributed by atoms with Gasteiger partial charge in [-0.2, -0.15) is 0 Å². The van der Waals surface area contributed by atoms with Crippen LogP contribution in [0.25, 0.3) is 5.57 Å². The molecule has 3 aliphatic rings. The van der Waals surface area contributed by atoms with E-state index in [4.69, 9.17) is 9.47 Å². The second kappa shape index (κ2) is 6.41. The summed E-state index contributed by atoms with van der Waals surface area (Å²) in [4.78, 5) is 17.4. The molecule has 1 aromatic heterocycles. The number of allylic oxidation sites excluding steroid dienone is 2. The summed E-state index contributed by atoms with van der Waals surface area (Å²) in [5, 5.41) is 3.00. The van der Waals surface area contributed by atoms with Crippen LogP contribution in [0.2, 0.25) is 0 Å². The van der Waals surface area contributed by atoms with E-state index in [1.807, 2.05) is 30.5 Å². The van der Waals surface area contributed by atoms with Gasteiger partial charge in [0.1, 0.15) is 5.82 Å². The lowest BCUT2D eigenvalue weighted by molar-refractivity contribution is -0.118. The predicted octanol–water partition coefficient (Wildman–Crippen LogP) is 4.68. The fourth-order valence-electron chi connectivity index (χ4n) is 3.96. The lowest BCUT2D eigenvalue weighted by Crippen LogP contribution is -2.28. The number of carbonyl (C=O) groups is 1. The number of hydrogen-bond donors (Lipinski definition) is 1. The number of hydrogen-bond acceptors (Lipinski definition) is 4. The molecule has 0 saturated heterocycles. The molecule has 0 spiro atoms. The van der Waals surface area contributed by atoms with Crippen LogP contribution in [-0.2, 0) is 10.2 Å². The van der Waals surface area contributed by atoms with Gasteiger partial charge >= 0.3 is 0 Å². The van der Waals surface area contributed by atoms with Gasteiger partial charge in [-0.3, -0.25) is 4.79 Å². The number of carbonyl (C=O) groups excluding carboxylic acids is 1. The highest BCUT2D eigenvalue weighted by Crippen LogP contribution is 2.51. The Morgan fingerprint density at radius 3 is 2.74 bits per heavy atom. The fourth-order valence-corrected chi connectivity index (χ4v) is 3.96. The number of ether oxygens (including phenoxy) is 2. The maximum atomic E-state index is 12.9. The molecule has 2 heterocycles. The van der Waals surface area contributed by atoms with Crippen LogP contribution in [0.3, 0.4) is 0 Å². The van der Waals surface area contributed by atoms with Crippen LogP contribution in [0.4, 0.5) is 5.82 Å². The quantitative estimate of drug-likeness (QED) is 0.855. The Bertz CT molecular complexity index is 920. The summed E-state index contributed by atoms with van der Waals surface area (Å²) in [6.07, 6.45) is 10.6. The number of amides is 1. The molecule has 2 aliphatic carbocycles. The molecule has 5 nitrogen and oxygen atoms in total. The third-order valence-corrected chi connectivity index (χ3v) is 5.78. The first-order valence-electron chi connectivity index (χ1n) is 9.62. The third-order valence-electron chi connectivity index (χ3n) is 5.78. The molecule has 0 atom stereocenters. The smallest absolute Gasteiger partial charge is 0.236 e. The van der Waals surface area contributed by atoms with Gasteiger partial charge in [-0.1, -0.05) is 12.1 Å². The van der Waals surface area contributed by atoms with Gasteiger partial charge in [0.15, 0.2) is 11.5 Å². The number of pyridine rings is 1. The van der Waals surface area contributed by atoms with Gasteiger partial charge in [0.05, 0.1) is 5.41 Å². The number of fused-ring (bicyclic) bond motifs is 1. The topological polar surface area (TPSA) is 60.5 Å². The van der Waals surface area contributed by atoms with Crippen molar-refractivity contribution in [1.82, 2.24) is 4.98 Å². The maximum Gasteiger partial charge on any atom is 0.236 e. The summed E-state index contributed by atoms with van der Waals surface area (Å²) in [5.74, 6) is 2.06. The van der Waals surface area contributed by atoms with E-state index in [1.54, 1.807) is 0 Å². The van der Waals surface area contributed by atoms with E-state index >= 15 is 0 Å². The molecule has 27 heavy (non-hydrogen) atoms. The summed E-state index contributed by atoms with van der Waals surface area (Å²) in [6.45, 7) is 0.241. The molecule has 5 rings (SSSR count). The van der Waals surface area contributed by atoms with Crippen LogP contribution < -0.4 is 14.8 Å². The average molecular weight is 364 g/mol. The molecule has 1 fully saturated rings. The van der Waals surface area contributed by atoms with Crippen LogP contribution in [0, 0.1) is 0 Å². The highest BCUT2D eigenvalue weighted by atomic mass is 16.7. The minimum atomic E-state index is -0.479. The van der Waals surface area contributed by atoms with E-state index in [-0.39, 0.29) is 14.1 Å². The zero-order chi connectivity index (χ0) is 18.3. The van der Waals surface area contributed by atoms with Crippen LogP contribution in [-0.4, -0.2) is 17.7 Å². The van der Waals surface area contributed by atoms with Crippen molar-refractivity contribution >= 4 is 17.3 Å². The predicted molar refractivity (Wildman–Crippen MR) is 105 cm³/mol. The van der Waals surface area contributed by atoms with Crippen molar-refractivity contribution in [3.05, 3.63) is 53.7 Å². The van der Waals surface area contributed by atoms with Crippen molar-refractivity contribution in [2.24, 2.45) is 0 Å². The first-order chi connectivity index (χ1) is 13.2. The second-order valence-corrected chi connectivity index (χ2v) is 7.51. The Labute approximate surface area is 159 Å². The molecule has 1 saturated carbocycles. The lowest BCUT2D eigenvalue weighted by atomic mass is 9.94. The first kappa shape index (κ1) is 16.4. The molecule has 1 aromatic carbocycles. The minimum Gasteiger partial charge on any atom is -0.454 e. The molecule has 0 unspecified atom stereocenters. The van der Waals surface area contributed by atoms with Gasteiger partial charge < -0.3 is 14.8 Å². The Balaban J connectivity index is 0.00000192. The number of benzene rings is 1. The molecule has 1 amide bonds. The Hall–Kier alpha value is -2.82. The zero-order valence-electron chi connectivity index (χ0n) is 15.2. The molecule has 1 aliphatic heterocycles. The van der Waals surface area contributed by atoms with Crippen LogP contribution in [0.15, 0.2) is 42.6 Å². The van der Waals surface area contributed by atoms with Crippen molar-refractivity contribution in [2.75, 3.05) is 12.1 Å². The van der Waals surface area contributed by atoms with E-state index in [0.29, 0.717) is 5.82 Å². The summed E-state index contributed by atoms with van der Waals surface area (Å²) in [5.41, 5.74) is 3.02. The van der Waals surface area contributed by atoms with Crippen molar-refractivity contribution in [3.63, 3.8) is 0 Å². The molecular weight excluding hydrogens is 340 g/mol. The lowest BCUT2D eigenvalue weighted by Gasteiger charge is -2.16. The van der Waals surface area contributed by atoms with Crippen LogP contribution >= 0.6 is 0 Å². The van der Waals surface area contributed by atoms with Crippen molar-refractivity contribution in [2.45, 2.75) is 43.9 Å². The number of aromatic nitrogens is 1. The number of nitrogens with one attached hydrogen (secondary N) is 1. The molecule has 5 heteroatoms. The normalized spacial score (nSPS) is 19.3. The number of nitrogens with zero attached hydrogens (tertiary/aromatic N) is 1. The highest BCUT2D eigenvalue weighted by Gasteiger charge is 2.51. The first-order valence-corrected chi connectivity index (χ1v) is 9.62. The summed E-state index contributed by atoms with van der Waals surface area (Å²) in [7, 11) is 0. The maximum absolute atomic E-state index is 12.9. The molecular formula is C22H24N2O3. The fraction of sp³-hybridized carbons (Fsp3) is 0.364. The average Bonchev–Trinajstić information content (AvgIpc) is 3.40. The van der Waals surface area contributed by atoms with Gasteiger partial charge in [-0.25, -0.2) is 4.98 Å². The second-order valence-electron chi connectivity index (χ2n) is 7.51. The van der Waals surface area contributed by atoms with E-state index in [9.17, 15) is 4.79 Å². The number of rotatable bonds is 4. The van der Waals surface area contributed by atoms with Crippen LogP contribution in [0.5, 0.6) is 11.5 Å². The van der Waals surface area contributed by atoms with E-state index < -0.39 is 5.41 Å². The summed E-state index contributed by atoms with van der Waals surface area (Å²) < 4.78 is 10.8. The van der Waals surface area contributed by atoms with E-state index in [2.05, 4.69) is 22.4 Å². The highest BCUT2D eigenvalue weighted by molar-refractivity contribution is 6.01. The zero-order valence-corrected chi connectivity index (χ0v) is 15.2. The Kier molecular flexibility index (Phi) is 3.88. The standard InChI is InChI=1S/C22H22N2O3.H2/c25-21(22(10-11-22)17-7-8-18-19(12-17)27-14-26-18)24-20-9-6-16(13-23-20)15-4-2-1-3-5-15;/h4,6-9,12-13H,1-3,5,10-11,14H2,(H,23,24,25);1H. The van der Waals surface area contributed by atoms with Gasteiger partial charge in [-0.05, 0) is 79.5 Å². The Morgan fingerprint density at radius 1 is 1.11 bits per heavy atom. The van der Waals surface area contributed by atoms with Gasteiger partial charge in [-0.15, -0.1) is 0 Å². The summed E-state index contributed by atoms with van der Waals surface area (Å²) >= 11 is 0. The number of anilines is 1. The molecule has 1 N–H and O–H groups in total. The van der Waals surface area contributed by atoms with Crippen molar-refractivity contribution in [3.8, 4) is 11.5 Å². The molecule has 0 radical (unpaired) electrons. The SMILES string of the molecule is O=C(Nc1ccc(C2=CCCCC2)cn1)C1(c2ccc3c(c2)OCO3)CC1.[HH]. The molecule has 0 bridgehead atoms. The minimum absolute atomic E-state index is 0. The molecule has 140 valence electrons. The van der Waals surface area contributed by atoms with E-state index in [1.165, 1.54) is 18.4 Å². The monoisotopic (exact) mass is 364 g/mol. The Morgan fingerprint density at radius 2 is 2.00 bits per heavy atom. The van der Waals surface area contributed by atoms with Gasteiger partial charge in [0.2, 0.25) is 12.7 Å². The van der Waals surface area contributed by atoms with Crippen LogP contribution in [0.1, 0.15) is 51.1 Å². The summed E-state index contributed by atoms with van der Waals surface area (Å²) in [6, 6.07) is 9.74. The van der Waals surface area contributed by atoms with E-state index in [0.717, 1.165) is 48.3 Å². The largest absolute Gasteiger partial charge is 0.454 e. The van der Waals surface area contributed by atoms with Gasteiger partial charge in [0.25, 0.3) is 0 Å². The van der Waals surface area contributed by atoms with Crippen molar-refractivity contribution in [1.29, 1.82) is 0 Å².